The average Bonchev–Trinajstić information content (AvgIpc) is 2.29. The summed E-state index contributed by atoms with van der Waals surface area (Å²) in [6, 6.07) is 9.32. The van der Waals surface area contributed by atoms with E-state index < -0.39 is 28.1 Å². The summed E-state index contributed by atoms with van der Waals surface area (Å²) in [5.74, 6) is -1.40. The normalized spacial score (nSPS) is 11.2. The number of carbonyl (C=O) groups excluding carboxylic acids is 1. The lowest BCUT2D eigenvalue weighted by Crippen LogP contribution is -2.33. The van der Waals surface area contributed by atoms with Crippen LogP contribution >= 0.6 is 0 Å². The number of sulfone groups is 1. The Morgan fingerprint density at radius 1 is 1.28 bits per heavy atom. The van der Waals surface area contributed by atoms with E-state index >= 15 is 0 Å². The van der Waals surface area contributed by atoms with Crippen molar-refractivity contribution in [3.8, 4) is 0 Å². The van der Waals surface area contributed by atoms with Gasteiger partial charge in [0.1, 0.15) is 5.75 Å². The smallest absolute Gasteiger partial charge is 0.237 e. The van der Waals surface area contributed by atoms with Crippen LogP contribution in [0, 0.1) is 0 Å². The minimum atomic E-state index is -3.51. The number of amides is 1. The lowest BCUT2D eigenvalue weighted by atomic mass is 10.2. The molecule has 0 heterocycles. The molecule has 0 aliphatic carbocycles. The maximum Gasteiger partial charge on any atom is 0.237 e. The molecule has 0 spiro atoms. The molecule has 1 amide bonds. The predicted molar refractivity (Wildman–Crippen MR) is 68.7 cm³/mol. The largest absolute Gasteiger partial charge is 0.395 e. The highest BCUT2D eigenvalue weighted by atomic mass is 32.2. The Bertz CT molecular complexity index is 484. The summed E-state index contributed by atoms with van der Waals surface area (Å²) in [5.41, 5.74) is 0.938. The fourth-order valence-corrected chi connectivity index (χ4v) is 2.47. The first kappa shape index (κ1) is 14.7. The summed E-state index contributed by atoms with van der Waals surface area (Å²) in [5, 5.41) is 8.58. The van der Waals surface area contributed by atoms with E-state index in [1.165, 1.54) is 4.90 Å². The van der Waals surface area contributed by atoms with E-state index in [2.05, 4.69) is 0 Å². The number of hydrogen-bond donors (Lipinski definition) is 1. The van der Waals surface area contributed by atoms with Gasteiger partial charge in [0.25, 0.3) is 0 Å². The number of aliphatic hydroxyl groups is 1. The molecule has 100 valence electrons. The maximum absolute atomic E-state index is 11.7. The van der Waals surface area contributed by atoms with Gasteiger partial charge in [-0.05, 0) is 5.56 Å². The van der Waals surface area contributed by atoms with Crippen LogP contribution in [0.3, 0.4) is 0 Å². The summed E-state index contributed by atoms with van der Waals surface area (Å²) in [4.78, 5) is 13.1. The van der Waals surface area contributed by atoms with Gasteiger partial charge in [-0.2, -0.15) is 0 Å². The molecule has 1 N–H and O–H groups in total. The second-order valence-corrected chi connectivity index (χ2v) is 6.24. The van der Waals surface area contributed by atoms with E-state index in [1.807, 2.05) is 30.3 Å². The molecule has 0 unspecified atom stereocenters. The van der Waals surface area contributed by atoms with Crippen molar-refractivity contribution in [2.75, 3.05) is 25.2 Å². The van der Waals surface area contributed by atoms with E-state index in [9.17, 15) is 13.2 Å². The Balaban J connectivity index is 2.57. The van der Waals surface area contributed by atoms with E-state index in [1.54, 1.807) is 7.05 Å². The van der Waals surface area contributed by atoms with Crippen molar-refractivity contribution in [1.82, 2.24) is 4.90 Å². The third-order valence-corrected chi connectivity index (χ3v) is 3.93. The van der Waals surface area contributed by atoms with E-state index in [-0.39, 0.29) is 5.75 Å². The minimum Gasteiger partial charge on any atom is -0.395 e. The Hall–Kier alpha value is -1.40. The monoisotopic (exact) mass is 271 g/mol. The molecule has 0 saturated heterocycles. The molecular weight excluding hydrogens is 254 g/mol. The molecule has 0 atom stereocenters. The van der Waals surface area contributed by atoms with Gasteiger partial charge in [0, 0.05) is 13.6 Å². The molecule has 1 rings (SSSR count). The molecule has 18 heavy (non-hydrogen) atoms. The molecule has 5 nitrogen and oxygen atoms in total. The van der Waals surface area contributed by atoms with Gasteiger partial charge in [-0.15, -0.1) is 0 Å². The molecule has 1 aromatic carbocycles. The fraction of sp³-hybridized carbons (Fsp3) is 0.417. The number of benzene rings is 1. The van der Waals surface area contributed by atoms with Crippen molar-refractivity contribution < 1.29 is 18.3 Å². The number of aliphatic hydroxyl groups excluding tert-OH is 1. The van der Waals surface area contributed by atoms with Gasteiger partial charge in [0.2, 0.25) is 5.91 Å². The van der Waals surface area contributed by atoms with Crippen molar-refractivity contribution in [1.29, 1.82) is 0 Å². The van der Waals surface area contributed by atoms with Crippen molar-refractivity contribution in [3.63, 3.8) is 0 Å². The fourth-order valence-electron chi connectivity index (χ4n) is 1.46. The van der Waals surface area contributed by atoms with Crippen LogP contribution in [0.1, 0.15) is 5.56 Å². The quantitative estimate of drug-likeness (QED) is 0.793. The molecule has 0 saturated carbocycles. The second kappa shape index (κ2) is 6.51. The van der Waals surface area contributed by atoms with Crippen LogP contribution in [-0.4, -0.2) is 49.5 Å². The third-order valence-electron chi connectivity index (χ3n) is 2.43. The van der Waals surface area contributed by atoms with Gasteiger partial charge in [-0.25, -0.2) is 8.42 Å². The van der Waals surface area contributed by atoms with E-state index in [0.717, 1.165) is 5.56 Å². The maximum atomic E-state index is 11.7. The Labute approximate surface area is 107 Å². The summed E-state index contributed by atoms with van der Waals surface area (Å²) in [6.45, 7) is -0.0909. The lowest BCUT2D eigenvalue weighted by Gasteiger charge is -2.17. The second-order valence-electron chi connectivity index (χ2n) is 4.05. The topological polar surface area (TPSA) is 74.7 Å². The van der Waals surface area contributed by atoms with E-state index in [4.69, 9.17) is 5.11 Å². The summed E-state index contributed by atoms with van der Waals surface area (Å²) < 4.78 is 22.8. The zero-order chi connectivity index (χ0) is 13.6. The molecule has 0 bridgehead atoms. The third kappa shape index (κ3) is 4.85. The Morgan fingerprint density at radius 2 is 1.89 bits per heavy atom. The Morgan fingerprint density at radius 3 is 2.44 bits per heavy atom. The van der Waals surface area contributed by atoms with Crippen molar-refractivity contribution in [2.24, 2.45) is 0 Å². The highest BCUT2D eigenvalue weighted by molar-refractivity contribution is 7.92. The first-order chi connectivity index (χ1) is 8.44. The first-order valence-electron chi connectivity index (χ1n) is 5.54. The van der Waals surface area contributed by atoms with Gasteiger partial charge in [-0.1, -0.05) is 30.3 Å². The molecule has 0 aromatic heterocycles. The zero-order valence-electron chi connectivity index (χ0n) is 10.2. The molecule has 0 radical (unpaired) electrons. The number of hydrogen-bond acceptors (Lipinski definition) is 4. The summed E-state index contributed by atoms with van der Waals surface area (Å²) >= 11 is 0. The van der Waals surface area contributed by atoms with Crippen LogP contribution in [0.15, 0.2) is 30.3 Å². The number of nitrogens with zero attached hydrogens (tertiary/aromatic N) is 1. The average molecular weight is 271 g/mol. The molecule has 0 fully saturated rings. The number of carbonyl (C=O) groups is 1. The molecule has 1 aromatic rings. The first-order valence-corrected chi connectivity index (χ1v) is 7.36. The van der Waals surface area contributed by atoms with E-state index in [0.29, 0.717) is 6.54 Å². The lowest BCUT2D eigenvalue weighted by molar-refractivity contribution is -0.127. The standard InChI is InChI=1S/C12H17NO4S/c1-13(9-11-5-3-2-4-6-11)12(15)10-18(16,17)8-7-14/h2-6,14H,7-10H2,1H3. The van der Waals surface area contributed by atoms with Crippen molar-refractivity contribution in [2.45, 2.75) is 6.54 Å². The molecular formula is C12H17NO4S. The van der Waals surface area contributed by atoms with Crippen LogP contribution in [-0.2, 0) is 21.2 Å². The minimum absolute atomic E-state index is 0.369. The summed E-state index contributed by atoms with van der Waals surface area (Å²) in [7, 11) is -1.95. The van der Waals surface area contributed by atoms with Crippen LogP contribution < -0.4 is 0 Å². The van der Waals surface area contributed by atoms with Crippen LogP contribution in [0.5, 0.6) is 0 Å². The van der Waals surface area contributed by atoms with Gasteiger partial charge < -0.3 is 10.0 Å². The van der Waals surface area contributed by atoms with Crippen LogP contribution in [0.4, 0.5) is 0 Å². The highest BCUT2D eigenvalue weighted by Gasteiger charge is 2.19. The van der Waals surface area contributed by atoms with Crippen LogP contribution in [0.2, 0.25) is 0 Å². The molecule has 6 heteroatoms. The zero-order valence-corrected chi connectivity index (χ0v) is 11.1. The van der Waals surface area contributed by atoms with Crippen molar-refractivity contribution in [3.05, 3.63) is 35.9 Å². The Kier molecular flexibility index (Phi) is 5.30. The summed E-state index contributed by atoms with van der Waals surface area (Å²) in [6.07, 6.45) is 0. The van der Waals surface area contributed by atoms with Gasteiger partial charge in [0.15, 0.2) is 9.84 Å². The molecule has 0 aliphatic heterocycles. The van der Waals surface area contributed by atoms with Crippen LogP contribution in [0.25, 0.3) is 0 Å². The SMILES string of the molecule is CN(Cc1ccccc1)C(=O)CS(=O)(=O)CCO. The predicted octanol–water partition coefficient (Wildman–Crippen LogP) is 0.0521. The molecule has 0 aliphatic rings. The van der Waals surface area contributed by atoms with Gasteiger partial charge in [0.05, 0.1) is 12.4 Å². The highest BCUT2D eigenvalue weighted by Crippen LogP contribution is 2.04. The number of rotatable bonds is 6. The van der Waals surface area contributed by atoms with Crippen molar-refractivity contribution >= 4 is 15.7 Å². The van der Waals surface area contributed by atoms with Gasteiger partial charge >= 0.3 is 0 Å². The van der Waals surface area contributed by atoms with Gasteiger partial charge in [-0.3, -0.25) is 4.79 Å².